The molecule has 0 bridgehead atoms. The summed E-state index contributed by atoms with van der Waals surface area (Å²) in [6.45, 7) is 5.34. The molecule has 2 heterocycles. The van der Waals surface area contributed by atoms with Crippen LogP contribution in [0, 0.1) is 0 Å². The van der Waals surface area contributed by atoms with Crippen molar-refractivity contribution >= 4 is 5.91 Å². The molecule has 92 valence electrons. The first-order valence-corrected chi connectivity index (χ1v) is 6.05. The molecular weight excluding hydrogens is 204 g/mol. The van der Waals surface area contributed by atoms with Gasteiger partial charge < -0.3 is 20.4 Å². The van der Waals surface area contributed by atoms with E-state index in [1.807, 2.05) is 11.9 Å². The fourth-order valence-electron chi connectivity index (χ4n) is 2.66. The Morgan fingerprint density at radius 2 is 2.00 bits per heavy atom. The molecule has 2 aliphatic rings. The molecule has 16 heavy (non-hydrogen) atoms. The van der Waals surface area contributed by atoms with Gasteiger partial charge in [0.15, 0.2) is 0 Å². The molecule has 1 amide bonds. The Morgan fingerprint density at radius 1 is 1.31 bits per heavy atom. The summed E-state index contributed by atoms with van der Waals surface area (Å²) in [6, 6.07) is 0. The minimum Gasteiger partial charge on any atom is -0.339 e. The summed E-state index contributed by atoms with van der Waals surface area (Å²) in [5, 5.41) is 6.53. The van der Waals surface area contributed by atoms with E-state index in [4.69, 9.17) is 0 Å². The highest BCUT2D eigenvalue weighted by molar-refractivity contribution is 5.87. The molecule has 0 aromatic heterocycles. The van der Waals surface area contributed by atoms with Crippen LogP contribution in [0.15, 0.2) is 0 Å². The zero-order valence-electron chi connectivity index (χ0n) is 10.3. The summed E-state index contributed by atoms with van der Waals surface area (Å²) >= 11 is 0. The van der Waals surface area contributed by atoms with Crippen LogP contribution in [-0.4, -0.2) is 74.6 Å². The second kappa shape index (κ2) is 4.69. The first kappa shape index (κ1) is 11.8. The summed E-state index contributed by atoms with van der Waals surface area (Å²) in [5.41, 5.74) is -0.341. The van der Waals surface area contributed by atoms with Crippen molar-refractivity contribution < 1.29 is 4.79 Å². The van der Waals surface area contributed by atoms with Crippen LogP contribution < -0.4 is 10.6 Å². The van der Waals surface area contributed by atoms with E-state index in [9.17, 15) is 4.79 Å². The second-order valence-electron chi connectivity index (χ2n) is 4.86. The molecule has 2 saturated heterocycles. The predicted octanol–water partition coefficient (Wildman–Crippen LogP) is -1.29. The maximum Gasteiger partial charge on any atom is 0.244 e. The SMILES string of the molecule is CNC1(C(=O)N2CCNCC2)CCN(C)C1. The normalized spacial score (nSPS) is 32.0. The van der Waals surface area contributed by atoms with Crippen molar-refractivity contribution in [2.75, 3.05) is 53.4 Å². The van der Waals surface area contributed by atoms with Crippen molar-refractivity contribution in [1.29, 1.82) is 0 Å². The van der Waals surface area contributed by atoms with Gasteiger partial charge in [0.2, 0.25) is 5.91 Å². The molecule has 2 fully saturated rings. The van der Waals surface area contributed by atoms with Gasteiger partial charge in [0, 0.05) is 39.3 Å². The molecule has 0 aromatic carbocycles. The van der Waals surface area contributed by atoms with Gasteiger partial charge in [-0.1, -0.05) is 0 Å². The number of likely N-dealkylation sites (tertiary alicyclic amines) is 1. The minimum atomic E-state index is -0.341. The number of carbonyl (C=O) groups is 1. The third-order valence-corrected chi connectivity index (χ3v) is 3.75. The molecule has 5 heteroatoms. The Hall–Kier alpha value is -0.650. The van der Waals surface area contributed by atoms with E-state index in [1.54, 1.807) is 0 Å². The van der Waals surface area contributed by atoms with Crippen LogP contribution in [0.3, 0.4) is 0 Å². The highest BCUT2D eigenvalue weighted by Crippen LogP contribution is 2.22. The predicted molar refractivity (Wildman–Crippen MR) is 63.4 cm³/mol. The van der Waals surface area contributed by atoms with E-state index in [0.29, 0.717) is 0 Å². The van der Waals surface area contributed by atoms with Gasteiger partial charge in [0.1, 0.15) is 5.54 Å². The molecule has 2 N–H and O–H groups in total. The molecule has 5 nitrogen and oxygen atoms in total. The molecule has 2 aliphatic heterocycles. The average Bonchev–Trinajstić information content (AvgIpc) is 2.72. The largest absolute Gasteiger partial charge is 0.339 e. The summed E-state index contributed by atoms with van der Waals surface area (Å²) in [4.78, 5) is 16.7. The van der Waals surface area contributed by atoms with Gasteiger partial charge >= 0.3 is 0 Å². The third-order valence-electron chi connectivity index (χ3n) is 3.75. The lowest BCUT2D eigenvalue weighted by atomic mass is 9.96. The summed E-state index contributed by atoms with van der Waals surface area (Å²) in [5.74, 6) is 0.279. The van der Waals surface area contributed by atoms with Gasteiger partial charge in [-0.05, 0) is 20.5 Å². The van der Waals surface area contributed by atoms with E-state index >= 15 is 0 Å². The maximum absolute atomic E-state index is 12.5. The molecule has 0 radical (unpaired) electrons. The van der Waals surface area contributed by atoms with E-state index in [-0.39, 0.29) is 11.4 Å². The van der Waals surface area contributed by atoms with Gasteiger partial charge in [-0.15, -0.1) is 0 Å². The fraction of sp³-hybridized carbons (Fsp3) is 0.909. The van der Waals surface area contributed by atoms with Crippen LogP contribution in [0.1, 0.15) is 6.42 Å². The second-order valence-corrected chi connectivity index (χ2v) is 4.86. The Kier molecular flexibility index (Phi) is 3.47. The van der Waals surface area contributed by atoms with E-state index in [2.05, 4.69) is 22.6 Å². The van der Waals surface area contributed by atoms with Crippen molar-refractivity contribution in [2.24, 2.45) is 0 Å². The highest BCUT2D eigenvalue weighted by atomic mass is 16.2. The summed E-state index contributed by atoms with van der Waals surface area (Å²) < 4.78 is 0. The average molecular weight is 226 g/mol. The lowest BCUT2D eigenvalue weighted by Gasteiger charge is -2.36. The van der Waals surface area contributed by atoms with Crippen LogP contribution in [0.5, 0.6) is 0 Å². The van der Waals surface area contributed by atoms with Crippen molar-refractivity contribution in [3.8, 4) is 0 Å². The molecule has 0 aromatic rings. The smallest absolute Gasteiger partial charge is 0.244 e. The van der Waals surface area contributed by atoms with Gasteiger partial charge in [-0.2, -0.15) is 0 Å². The van der Waals surface area contributed by atoms with E-state index in [1.165, 1.54) is 0 Å². The van der Waals surface area contributed by atoms with Crippen LogP contribution in [0.4, 0.5) is 0 Å². The Morgan fingerprint density at radius 3 is 2.50 bits per heavy atom. The van der Waals surface area contributed by atoms with Crippen molar-refractivity contribution in [2.45, 2.75) is 12.0 Å². The van der Waals surface area contributed by atoms with Crippen LogP contribution in [-0.2, 0) is 4.79 Å². The van der Waals surface area contributed by atoms with Gasteiger partial charge in [-0.25, -0.2) is 0 Å². The minimum absolute atomic E-state index is 0.279. The van der Waals surface area contributed by atoms with Gasteiger partial charge in [0.25, 0.3) is 0 Å². The number of hydrogen-bond acceptors (Lipinski definition) is 4. The molecule has 0 spiro atoms. The van der Waals surface area contributed by atoms with Crippen LogP contribution in [0.25, 0.3) is 0 Å². The quantitative estimate of drug-likeness (QED) is 0.615. The molecule has 0 saturated carbocycles. The molecule has 1 unspecified atom stereocenters. The fourth-order valence-corrected chi connectivity index (χ4v) is 2.66. The first-order chi connectivity index (χ1) is 7.68. The molecule has 0 aliphatic carbocycles. The van der Waals surface area contributed by atoms with Crippen molar-refractivity contribution in [3.05, 3.63) is 0 Å². The van der Waals surface area contributed by atoms with Crippen LogP contribution in [0.2, 0.25) is 0 Å². The number of nitrogens with zero attached hydrogens (tertiary/aromatic N) is 2. The van der Waals surface area contributed by atoms with Crippen molar-refractivity contribution in [1.82, 2.24) is 20.4 Å². The standard InChI is InChI=1S/C11H22N4O/c1-12-11(3-6-14(2)9-11)10(16)15-7-4-13-5-8-15/h12-13H,3-9H2,1-2H3. The number of amides is 1. The number of carbonyl (C=O) groups excluding carboxylic acids is 1. The zero-order valence-corrected chi connectivity index (χ0v) is 10.3. The maximum atomic E-state index is 12.5. The topological polar surface area (TPSA) is 47.6 Å². The number of piperazine rings is 1. The lowest BCUT2D eigenvalue weighted by molar-refractivity contribution is -0.138. The number of likely N-dealkylation sites (N-methyl/N-ethyl adjacent to an activating group) is 2. The van der Waals surface area contributed by atoms with Crippen molar-refractivity contribution in [3.63, 3.8) is 0 Å². The van der Waals surface area contributed by atoms with Gasteiger partial charge in [0.05, 0.1) is 0 Å². The first-order valence-electron chi connectivity index (χ1n) is 6.05. The Labute approximate surface area is 97.2 Å². The third kappa shape index (κ3) is 2.07. The lowest BCUT2D eigenvalue weighted by Crippen LogP contribution is -2.61. The summed E-state index contributed by atoms with van der Waals surface area (Å²) in [7, 11) is 3.98. The molecule has 1 atom stereocenters. The summed E-state index contributed by atoms with van der Waals surface area (Å²) in [6.07, 6.45) is 0.919. The monoisotopic (exact) mass is 226 g/mol. The highest BCUT2D eigenvalue weighted by Gasteiger charge is 2.44. The van der Waals surface area contributed by atoms with E-state index in [0.717, 1.165) is 45.7 Å². The Bertz CT molecular complexity index is 265. The number of nitrogens with one attached hydrogen (secondary N) is 2. The molecular formula is C11H22N4O. The number of rotatable bonds is 2. The van der Waals surface area contributed by atoms with E-state index < -0.39 is 0 Å². The number of hydrogen-bond donors (Lipinski definition) is 2. The van der Waals surface area contributed by atoms with Crippen LogP contribution >= 0.6 is 0 Å². The van der Waals surface area contributed by atoms with Gasteiger partial charge in [-0.3, -0.25) is 4.79 Å². The molecule has 2 rings (SSSR count). The Balaban J connectivity index is 2.05. The zero-order chi connectivity index (χ0) is 11.6.